The number of aromatic nitrogens is 1. The highest BCUT2D eigenvalue weighted by Gasteiger charge is 2.20. The molecule has 0 aliphatic heterocycles. The Morgan fingerprint density at radius 2 is 2.15 bits per heavy atom. The molecule has 1 aromatic carbocycles. The molecule has 0 aliphatic rings. The summed E-state index contributed by atoms with van der Waals surface area (Å²) in [5.41, 5.74) is 4.62. The number of ether oxygens (including phenoxy) is 1. The predicted molar refractivity (Wildman–Crippen MR) is 66.5 cm³/mol. The van der Waals surface area contributed by atoms with Crippen LogP contribution in [-0.4, -0.2) is 9.91 Å². The van der Waals surface area contributed by atoms with Crippen LogP contribution in [0.3, 0.4) is 0 Å². The van der Waals surface area contributed by atoms with Gasteiger partial charge in [-0.1, -0.05) is 6.07 Å². The second-order valence-electron chi connectivity index (χ2n) is 3.64. The van der Waals surface area contributed by atoms with Crippen LogP contribution in [0.5, 0.6) is 11.6 Å². The van der Waals surface area contributed by atoms with Crippen molar-refractivity contribution in [1.82, 2.24) is 4.98 Å². The van der Waals surface area contributed by atoms with E-state index in [0.29, 0.717) is 0 Å². The summed E-state index contributed by atoms with van der Waals surface area (Å²) >= 11 is 0. The average molecular weight is 274 g/mol. The van der Waals surface area contributed by atoms with Gasteiger partial charge >= 0.3 is 11.6 Å². The van der Waals surface area contributed by atoms with Crippen molar-refractivity contribution < 1.29 is 14.1 Å². The lowest BCUT2D eigenvalue weighted by atomic mass is 10.2. The van der Waals surface area contributed by atoms with Gasteiger partial charge in [-0.2, -0.15) is 10.2 Å². The van der Waals surface area contributed by atoms with Gasteiger partial charge in [0.25, 0.3) is 0 Å². The first kappa shape index (κ1) is 13.2. The van der Waals surface area contributed by atoms with E-state index in [9.17, 15) is 14.5 Å². The van der Waals surface area contributed by atoms with Gasteiger partial charge in [-0.3, -0.25) is 10.1 Å². The minimum atomic E-state index is -0.795. The van der Waals surface area contributed by atoms with Crippen molar-refractivity contribution in [3.8, 4) is 17.7 Å². The Labute approximate surface area is 112 Å². The first-order chi connectivity index (χ1) is 9.52. The van der Waals surface area contributed by atoms with Gasteiger partial charge in [0.15, 0.2) is 5.75 Å². The monoisotopic (exact) mass is 274 g/mol. The Balaban J connectivity index is 2.51. The number of anilines is 1. The molecule has 2 aromatic rings. The van der Waals surface area contributed by atoms with E-state index >= 15 is 0 Å². The number of halogens is 1. The van der Waals surface area contributed by atoms with Gasteiger partial charge in [-0.25, -0.2) is 4.39 Å². The van der Waals surface area contributed by atoms with Gasteiger partial charge in [0.1, 0.15) is 23.3 Å². The van der Waals surface area contributed by atoms with E-state index in [1.807, 2.05) is 0 Å². The van der Waals surface area contributed by atoms with Crippen LogP contribution < -0.4 is 10.5 Å². The summed E-state index contributed by atoms with van der Waals surface area (Å²) in [5.74, 6) is -1.37. The van der Waals surface area contributed by atoms with E-state index in [4.69, 9.17) is 15.7 Å². The minimum Gasteiger partial charge on any atom is -0.432 e. The van der Waals surface area contributed by atoms with Crippen LogP contribution in [0.4, 0.5) is 15.9 Å². The Bertz CT molecular complexity index is 727. The molecule has 0 spiro atoms. The van der Waals surface area contributed by atoms with Crippen molar-refractivity contribution in [2.75, 3.05) is 5.73 Å². The van der Waals surface area contributed by atoms with E-state index in [1.165, 1.54) is 18.2 Å². The number of hydrogen-bond donors (Lipinski definition) is 1. The Morgan fingerprint density at radius 3 is 2.80 bits per heavy atom. The first-order valence-electron chi connectivity index (χ1n) is 5.30. The summed E-state index contributed by atoms with van der Waals surface area (Å²) in [5, 5.41) is 19.7. The highest BCUT2D eigenvalue weighted by Crippen LogP contribution is 2.32. The molecular weight excluding hydrogens is 267 g/mol. The molecule has 7 nitrogen and oxygen atoms in total. The Kier molecular flexibility index (Phi) is 3.43. The van der Waals surface area contributed by atoms with Crippen molar-refractivity contribution in [2.24, 2.45) is 0 Å². The molecule has 20 heavy (non-hydrogen) atoms. The zero-order valence-corrected chi connectivity index (χ0v) is 9.91. The van der Waals surface area contributed by atoms with Gasteiger partial charge in [-0.15, -0.1) is 0 Å². The van der Waals surface area contributed by atoms with E-state index in [1.54, 1.807) is 6.07 Å². The fourth-order valence-electron chi connectivity index (χ4n) is 1.46. The van der Waals surface area contributed by atoms with Gasteiger partial charge in [0.2, 0.25) is 0 Å². The molecule has 8 heteroatoms. The Hall–Kier alpha value is -3.21. The smallest absolute Gasteiger partial charge is 0.331 e. The third-order valence-corrected chi connectivity index (χ3v) is 2.35. The van der Waals surface area contributed by atoms with E-state index < -0.39 is 22.3 Å². The van der Waals surface area contributed by atoms with Gasteiger partial charge in [0.05, 0.1) is 4.92 Å². The number of nitrogen functional groups attached to an aromatic ring is 1. The lowest BCUT2D eigenvalue weighted by molar-refractivity contribution is -0.386. The molecule has 0 saturated carbocycles. The van der Waals surface area contributed by atoms with E-state index in [0.717, 1.165) is 12.1 Å². The molecule has 0 bridgehead atoms. The molecule has 0 aliphatic carbocycles. The summed E-state index contributed by atoms with van der Waals surface area (Å²) in [4.78, 5) is 13.8. The molecular formula is C12H7FN4O3. The lowest BCUT2D eigenvalue weighted by Gasteiger charge is -2.07. The maximum absolute atomic E-state index is 13.4. The third kappa shape index (κ3) is 2.46. The second-order valence-corrected chi connectivity index (χ2v) is 3.64. The first-order valence-corrected chi connectivity index (χ1v) is 5.30. The highest BCUT2D eigenvalue weighted by atomic mass is 19.1. The maximum Gasteiger partial charge on any atom is 0.331 e. The highest BCUT2D eigenvalue weighted by molar-refractivity contribution is 5.51. The number of pyridine rings is 1. The topological polar surface area (TPSA) is 115 Å². The minimum absolute atomic E-state index is 0.000473. The van der Waals surface area contributed by atoms with Crippen molar-refractivity contribution in [3.63, 3.8) is 0 Å². The van der Waals surface area contributed by atoms with Gasteiger partial charge in [-0.05, 0) is 18.2 Å². The number of nitro groups is 1. The molecule has 100 valence electrons. The maximum atomic E-state index is 13.4. The molecule has 0 fully saturated rings. The van der Waals surface area contributed by atoms with Crippen molar-refractivity contribution >= 4 is 11.5 Å². The van der Waals surface area contributed by atoms with Crippen molar-refractivity contribution in [1.29, 1.82) is 5.26 Å². The second kappa shape index (κ2) is 5.19. The van der Waals surface area contributed by atoms with Gasteiger partial charge in [0, 0.05) is 6.07 Å². The average Bonchev–Trinajstić information content (AvgIpc) is 2.38. The lowest BCUT2D eigenvalue weighted by Crippen LogP contribution is -2.00. The third-order valence-electron chi connectivity index (χ3n) is 2.35. The number of rotatable bonds is 3. The zero-order valence-electron chi connectivity index (χ0n) is 9.91. The Morgan fingerprint density at radius 1 is 1.40 bits per heavy atom. The standard InChI is InChI=1S/C12H7FN4O3/c13-8-2-1-3-10(7(8)6-14)20-12-9(17(18)19)4-5-11(15)16-12/h1-5H,(H2,15,16). The largest absolute Gasteiger partial charge is 0.432 e. The van der Waals surface area contributed by atoms with Gasteiger partial charge < -0.3 is 10.5 Å². The van der Waals surface area contributed by atoms with Crippen LogP contribution in [0.25, 0.3) is 0 Å². The number of nitrogens with two attached hydrogens (primary N) is 1. The van der Waals surface area contributed by atoms with Crippen LogP contribution >= 0.6 is 0 Å². The van der Waals surface area contributed by atoms with Crippen molar-refractivity contribution in [3.05, 3.63) is 51.8 Å². The van der Waals surface area contributed by atoms with Crippen LogP contribution in [0.2, 0.25) is 0 Å². The van der Waals surface area contributed by atoms with E-state index in [-0.39, 0.29) is 17.1 Å². The fraction of sp³-hybridized carbons (Fsp3) is 0. The van der Waals surface area contributed by atoms with Crippen LogP contribution in [0, 0.1) is 27.3 Å². The quantitative estimate of drug-likeness (QED) is 0.678. The molecule has 0 radical (unpaired) electrons. The summed E-state index contributed by atoms with van der Waals surface area (Å²) in [6.45, 7) is 0. The molecule has 0 atom stereocenters. The molecule has 0 saturated heterocycles. The molecule has 2 N–H and O–H groups in total. The molecule has 1 heterocycles. The predicted octanol–water partition coefficient (Wildman–Crippen LogP) is 2.38. The molecule has 0 unspecified atom stereocenters. The molecule has 2 rings (SSSR count). The SMILES string of the molecule is N#Cc1c(F)cccc1Oc1nc(N)ccc1[N+](=O)[O-]. The summed E-state index contributed by atoms with van der Waals surface area (Å²) < 4.78 is 18.6. The van der Waals surface area contributed by atoms with E-state index in [2.05, 4.69) is 4.98 Å². The van der Waals surface area contributed by atoms with Crippen LogP contribution in [0.15, 0.2) is 30.3 Å². The summed E-state index contributed by atoms with van der Waals surface area (Å²) in [7, 11) is 0. The molecule has 1 aromatic heterocycles. The van der Waals surface area contributed by atoms with Crippen molar-refractivity contribution in [2.45, 2.75) is 0 Å². The number of benzene rings is 1. The number of nitriles is 1. The van der Waals surface area contributed by atoms with Crippen LogP contribution in [0.1, 0.15) is 5.56 Å². The fourth-order valence-corrected chi connectivity index (χ4v) is 1.46. The number of nitrogens with zero attached hydrogens (tertiary/aromatic N) is 3. The summed E-state index contributed by atoms with van der Waals surface area (Å²) in [6, 6.07) is 7.66. The summed E-state index contributed by atoms with van der Waals surface area (Å²) in [6.07, 6.45) is 0. The number of hydrogen-bond acceptors (Lipinski definition) is 6. The van der Waals surface area contributed by atoms with Crippen LogP contribution in [-0.2, 0) is 0 Å². The molecule has 0 amide bonds. The normalized spacial score (nSPS) is 9.80. The zero-order chi connectivity index (χ0) is 14.7.